The molecule has 0 radical (unpaired) electrons. The molecule has 2 nitrogen and oxygen atoms in total. The number of aliphatic imine (C=N–C) groups is 2. The predicted molar refractivity (Wildman–Crippen MR) is 247 cm³/mol. The maximum absolute atomic E-state index is 5.41. The number of fused-ring (bicyclic) bond motifs is 6. The molecule has 0 aliphatic carbocycles. The van der Waals surface area contributed by atoms with Crippen LogP contribution in [0.2, 0.25) is 0 Å². The van der Waals surface area contributed by atoms with Gasteiger partial charge in [0.25, 0.3) is 0 Å². The van der Waals surface area contributed by atoms with E-state index in [-0.39, 0.29) is 0 Å². The zero-order valence-electron chi connectivity index (χ0n) is 30.9. The van der Waals surface area contributed by atoms with E-state index in [0.717, 1.165) is 39.5 Å². The standard InChI is InChI=1S/C53H34N2S2/c1-4-14-34(15-5-1)37-20-12-21-39(30-37)53-54-46(36-18-8-3-9-19-36)27-28-47(55-53)42-24-13-23-41-45-31-38(26-29-49(45)57-52(41)42)44-32-40(35-16-6-2-7-17-35)33-50-51(44)43-22-10-11-25-48(43)56-50/h1-26,28-33H,27H2. The Bertz CT molecular complexity index is 3240. The normalized spacial score (nSPS) is 13.2. The molecule has 3 heterocycles. The van der Waals surface area contributed by atoms with Crippen molar-refractivity contribution in [1.29, 1.82) is 0 Å². The zero-order valence-corrected chi connectivity index (χ0v) is 32.5. The van der Waals surface area contributed by atoms with Crippen LogP contribution in [0.3, 0.4) is 0 Å². The van der Waals surface area contributed by atoms with E-state index < -0.39 is 0 Å². The maximum atomic E-state index is 5.41. The summed E-state index contributed by atoms with van der Waals surface area (Å²) in [6.45, 7) is 0. The first kappa shape index (κ1) is 33.6. The molecule has 1 aliphatic heterocycles. The summed E-state index contributed by atoms with van der Waals surface area (Å²) in [7, 11) is 0. The van der Waals surface area contributed by atoms with Crippen LogP contribution in [0.25, 0.3) is 79.4 Å². The van der Waals surface area contributed by atoms with Crippen LogP contribution < -0.4 is 0 Å². The predicted octanol–water partition coefficient (Wildman–Crippen LogP) is 15.1. The molecule has 57 heavy (non-hydrogen) atoms. The van der Waals surface area contributed by atoms with E-state index in [9.17, 15) is 0 Å². The highest BCUT2D eigenvalue weighted by Crippen LogP contribution is 2.45. The molecule has 0 saturated carbocycles. The number of nitrogens with zero attached hydrogens (tertiary/aromatic N) is 2. The van der Waals surface area contributed by atoms with Crippen molar-refractivity contribution in [1.82, 2.24) is 0 Å². The van der Waals surface area contributed by atoms with Gasteiger partial charge in [-0.05, 0) is 75.3 Å². The van der Waals surface area contributed by atoms with Gasteiger partial charge in [0.1, 0.15) is 0 Å². The Morgan fingerprint density at radius 3 is 1.82 bits per heavy atom. The average Bonchev–Trinajstić information content (AvgIpc) is 3.77. The van der Waals surface area contributed by atoms with Gasteiger partial charge in [-0.15, -0.1) is 22.7 Å². The van der Waals surface area contributed by atoms with Crippen LogP contribution in [-0.4, -0.2) is 11.5 Å². The minimum absolute atomic E-state index is 0.679. The molecule has 0 unspecified atom stereocenters. The SMILES string of the molecule is C1=C(c2cccc3c2sc2ccc(-c4cc(-c5ccccc5)cc5sc6ccccc6c45)cc23)N=C(c2cccc(-c3ccccc3)c2)N=C(c2ccccc2)C1. The summed E-state index contributed by atoms with van der Waals surface area (Å²) in [6.07, 6.45) is 2.94. The fourth-order valence-corrected chi connectivity index (χ4v) is 10.6. The number of hydrogen-bond donors (Lipinski definition) is 0. The smallest absolute Gasteiger partial charge is 0.160 e. The Labute approximate surface area is 339 Å². The van der Waals surface area contributed by atoms with E-state index in [1.54, 1.807) is 0 Å². The maximum Gasteiger partial charge on any atom is 0.160 e. The van der Waals surface area contributed by atoms with Crippen LogP contribution in [0.5, 0.6) is 0 Å². The molecular weight excluding hydrogens is 729 g/mol. The summed E-state index contributed by atoms with van der Waals surface area (Å²) in [4.78, 5) is 10.7. The molecule has 11 rings (SSSR count). The van der Waals surface area contributed by atoms with E-state index in [2.05, 4.69) is 194 Å². The van der Waals surface area contributed by atoms with Crippen LogP contribution in [0.1, 0.15) is 23.1 Å². The van der Waals surface area contributed by atoms with Crippen molar-refractivity contribution >= 4 is 80.3 Å². The molecule has 8 aromatic carbocycles. The molecule has 4 heteroatoms. The number of amidine groups is 1. The zero-order chi connectivity index (χ0) is 37.7. The van der Waals surface area contributed by atoms with Crippen molar-refractivity contribution in [3.05, 3.63) is 211 Å². The number of hydrogen-bond acceptors (Lipinski definition) is 4. The first-order chi connectivity index (χ1) is 28.2. The van der Waals surface area contributed by atoms with Crippen LogP contribution in [0.15, 0.2) is 204 Å². The summed E-state index contributed by atoms with van der Waals surface area (Å²) >= 11 is 3.73. The van der Waals surface area contributed by atoms with E-state index in [4.69, 9.17) is 9.98 Å². The highest BCUT2D eigenvalue weighted by Gasteiger charge is 2.19. The van der Waals surface area contributed by atoms with Gasteiger partial charge in [0, 0.05) is 57.9 Å². The third-order valence-electron chi connectivity index (χ3n) is 11.0. The third kappa shape index (κ3) is 6.11. The lowest BCUT2D eigenvalue weighted by molar-refractivity contribution is 1.43. The third-order valence-corrected chi connectivity index (χ3v) is 13.3. The fraction of sp³-hybridized carbons (Fsp3) is 0.0189. The lowest BCUT2D eigenvalue weighted by atomic mass is 9.93. The minimum Gasteiger partial charge on any atom is -0.232 e. The van der Waals surface area contributed by atoms with Gasteiger partial charge in [-0.1, -0.05) is 158 Å². The van der Waals surface area contributed by atoms with Gasteiger partial charge in [-0.3, -0.25) is 0 Å². The summed E-state index contributed by atoms with van der Waals surface area (Å²) < 4.78 is 5.13. The number of thiophene rings is 2. The molecule has 0 fully saturated rings. The van der Waals surface area contributed by atoms with Crippen molar-refractivity contribution in [2.45, 2.75) is 6.42 Å². The van der Waals surface area contributed by atoms with E-state index in [1.165, 1.54) is 68.2 Å². The first-order valence-corrected chi connectivity index (χ1v) is 20.9. The molecule has 2 aromatic heterocycles. The van der Waals surface area contributed by atoms with Crippen molar-refractivity contribution in [2.24, 2.45) is 9.98 Å². The number of benzene rings is 8. The summed E-state index contributed by atoms with van der Waals surface area (Å²) in [5.74, 6) is 0.723. The molecule has 0 spiro atoms. The Morgan fingerprint density at radius 1 is 0.368 bits per heavy atom. The number of rotatable bonds is 6. The Balaban J connectivity index is 1.07. The summed E-state index contributed by atoms with van der Waals surface area (Å²) in [6, 6.07) is 67.7. The lowest BCUT2D eigenvalue weighted by Gasteiger charge is -2.10. The van der Waals surface area contributed by atoms with E-state index >= 15 is 0 Å². The Morgan fingerprint density at radius 2 is 1.02 bits per heavy atom. The first-order valence-electron chi connectivity index (χ1n) is 19.3. The van der Waals surface area contributed by atoms with Crippen LogP contribution >= 0.6 is 22.7 Å². The molecule has 1 aliphatic rings. The highest BCUT2D eigenvalue weighted by atomic mass is 32.1. The fourth-order valence-electron chi connectivity index (χ4n) is 8.18. The van der Waals surface area contributed by atoms with Gasteiger partial charge in [0.2, 0.25) is 0 Å². The molecule has 0 saturated heterocycles. The highest BCUT2D eigenvalue weighted by molar-refractivity contribution is 7.26. The van der Waals surface area contributed by atoms with E-state index in [0.29, 0.717) is 6.42 Å². The molecule has 10 aromatic rings. The minimum atomic E-state index is 0.679. The van der Waals surface area contributed by atoms with Gasteiger partial charge in [-0.25, -0.2) is 9.98 Å². The van der Waals surface area contributed by atoms with Crippen molar-refractivity contribution in [3.63, 3.8) is 0 Å². The second kappa shape index (κ2) is 14.1. The van der Waals surface area contributed by atoms with Gasteiger partial charge < -0.3 is 0 Å². The van der Waals surface area contributed by atoms with Crippen molar-refractivity contribution in [3.8, 4) is 33.4 Å². The van der Waals surface area contributed by atoms with Gasteiger partial charge in [0.15, 0.2) is 5.84 Å². The summed E-state index contributed by atoms with van der Waals surface area (Å²) in [5, 5.41) is 5.15. The lowest BCUT2D eigenvalue weighted by Crippen LogP contribution is -2.05. The van der Waals surface area contributed by atoms with Gasteiger partial charge in [-0.2, -0.15) is 0 Å². The van der Waals surface area contributed by atoms with Crippen molar-refractivity contribution in [2.75, 3.05) is 0 Å². The largest absolute Gasteiger partial charge is 0.232 e. The van der Waals surface area contributed by atoms with Gasteiger partial charge in [0.05, 0.1) is 11.4 Å². The van der Waals surface area contributed by atoms with E-state index in [1.807, 2.05) is 22.7 Å². The molecule has 0 amide bonds. The summed E-state index contributed by atoms with van der Waals surface area (Å²) in [5.41, 5.74) is 12.5. The van der Waals surface area contributed by atoms with Crippen LogP contribution in [-0.2, 0) is 0 Å². The molecule has 268 valence electrons. The molecule has 0 bridgehead atoms. The average molecular weight is 763 g/mol. The topological polar surface area (TPSA) is 24.7 Å². The molecule has 0 atom stereocenters. The molecule has 0 N–H and O–H groups in total. The molecular formula is C53H34N2S2. The second-order valence-corrected chi connectivity index (χ2v) is 16.6. The number of allylic oxidation sites excluding steroid dienone is 1. The monoisotopic (exact) mass is 762 g/mol. The Kier molecular flexibility index (Phi) is 8.31. The van der Waals surface area contributed by atoms with Crippen LogP contribution in [0, 0.1) is 0 Å². The van der Waals surface area contributed by atoms with Crippen molar-refractivity contribution < 1.29 is 0 Å². The van der Waals surface area contributed by atoms with Gasteiger partial charge >= 0.3 is 0 Å². The second-order valence-electron chi connectivity index (χ2n) is 14.5. The quantitative estimate of drug-likeness (QED) is 0.161. The Hall–Kier alpha value is -6.72. The van der Waals surface area contributed by atoms with Crippen LogP contribution in [0.4, 0.5) is 0 Å².